The van der Waals surface area contributed by atoms with E-state index in [1.54, 1.807) is 0 Å². The predicted octanol–water partition coefficient (Wildman–Crippen LogP) is 4.53. The van der Waals surface area contributed by atoms with Gasteiger partial charge in [0.1, 0.15) is 0 Å². The molecule has 0 aliphatic rings. The first-order valence-electron chi connectivity index (χ1n) is 6.80. The van der Waals surface area contributed by atoms with Gasteiger partial charge in [-0.05, 0) is 59.8 Å². The summed E-state index contributed by atoms with van der Waals surface area (Å²) in [6, 6.07) is 6.14. The molecule has 0 saturated carbocycles. The van der Waals surface area contributed by atoms with Crippen LogP contribution in [0.5, 0.6) is 0 Å². The van der Waals surface area contributed by atoms with Gasteiger partial charge in [0.15, 0.2) is 0 Å². The summed E-state index contributed by atoms with van der Waals surface area (Å²) < 4.78 is 3.05. The molecule has 1 unspecified atom stereocenters. The molecule has 0 spiro atoms. The van der Waals surface area contributed by atoms with E-state index in [1.165, 1.54) is 9.13 Å². The minimum atomic E-state index is 0.160. The van der Waals surface area contributed by atoms with E-state index in [9.17, 15) is 0 Å². The molecule has 1 N–H and O–H groups in total. The van der Waals surface area contributed by atoms with Crippen LogP contribution in [-0.4, -0.2) is 16.3 Å². The van der Waals surface area contributed by atoms with Crippen LogP contribution in [0.3, 0.4) is 0 Å². The van der Waals surface area contributed by atoms with Gasteiger partial charge in [0, 0.05) is 28.1 Å². The van der Waals surface area contributed by atoms with Crippen LogP contribution < -0.4 is 5.32 Å². The largest absolute Gasteiger partial charge is 0.310 e. The Balaban J connectivity index is 2.37. The molecule has 0 radical (unpaired) electrons. The van der Waals surface area contributed by atoms with Gasteiger partial charge in [-0.3, -0.25) is 4.68 Å². The molecule has 2 aromatic rings. The van der Waals surface area contributed by atoms with Crippen LogP contribution in [0.4, 0.5) is 0 Å². The Morgan fingerprint density at radius 2 is 2.10 bits per heavy atom. The minimum Gasteiger partial charge on any atom is -0.310 e. The summed E-state index contributed by atoms with van der Waals surface area (Å²) in [5, 5.41) is 9.40. The average molecular weight is 438 g/mol. The maximum atomic E-state index is 6.38. The molecule has 1 aromatic heterocycles. The van der Waals surface area contributed by atoms with E-state index in [0.29, 0.717) is 0 Å². The second kappa shape index (κ2) is 7.31. The number of likely N-dealkylation sites (N-methyl/N-ethyl adjacent to an activating group) is 1. The number of hydrogen-bond donors (Lipinski definition) is 1. The number of halogens is 3. The Morgan fingerprint density at radius 3 is 2.67 bits per heavy atom. The molecule has 0 saturated heterocycles. The quantitative estimate of drug-likeness (QED) is 0.696. The van der Waals surface area contributed by atoms with E-state index in [2.05, 4.69) is 39.9 Å². The van der Waals surface area contributed by atoms with E-state index >= 15 is 0 Å². The monoisotopic (exact) mass is 437 g/mol. The number of aromatic nitrogens is 2. The fraction of sp³-hybridized carbons (Fsp3) is 0.400. The number of rotatable bonds is 5. The molecule has 21 heavy (non-hydrogen) atoms. The van der Waals surface area contributed by atoms with E-state index in [4.69, 9.17) is 23.2 Å². The molecule has 2 rings (SSSR count). The predicted molar refractivity (Wildman–Crippen MR) is 97.2 cm³/mol. The Bertz CT molecular complexity index is 640. The van der Waals surface area contributed by atoms with Crippen LogP contribution >= 0.6 is 45.8 Å². The lowest BCUT2D eigenvalue weighted by molar-refractivity contribution is 0.527. The first-order chi connectivity index (χ1) is 9.93. The maximum absolute atomic E-state index is 6.38. The standard InChI is InChI=1S/C15H18Cl2IN3/c1-4-19-13(11-7-10(16)5-6-12(11)18)8-14-15(17)9(2)20-21(14)3/h5-7,13,19H,4,8H2,1-3H3. The fourth-order valence-electron chi connectivity index (χ4n) is 2.42. The maximum Gasteiger partial charge on any atom is 0.0847 e. The Hall–Kier alpha value is -0.300. The van der Waals surface area contributed by atoms with E-state index in [1.807, 2.05) is 36.9 Å². The van der Waals surface area contributed by atoms with Crippen molar-refractivity contribution in [1.29, 1.82) is 0 Å². The molecule has 1 aromatic carbocycles. The van der Waals surface area contributed by atoms with Crippen molar-refractivity contribution >= 4 is 45.8 Å². The molecule has 1 atom stereocenters. The van der Waals surface area contributed by atoms with E-state index in [-0.39, 0.29) is 6.04 Å². The third kappa shape index (κ3) is 3.92. The summed E-state index contributed by atoms with van der Waals surface area (Å²) in [5.74, 6) is 0. The van der Waals surface area contributed by atoms with Crippen molar-refractivity contribution in [2.45, 2.75) is 26.3 Å². The summed E-state index contributed by atoms with van der Waals surface area (Å²) in [5.41, 5.74) is 3.10. The zero-order valence-electron chi connectivity index (χ0n) is 12.3. The summed E-state index contributed by atoms with van der Waals surface area (Å²) in [7, 11) is 1.93. The average Bonchev–Trinajstić information content (AvgIpc) is 2.67. The second-order valence-corrected chi connectivity index (χ2v) is 6.93. The van der Waals surface area contributed by atoms with Crippen molar-refractivity contribution in [2.24, 2.45) is 7.05 Å². The van der Waals surface area contributed by atoms with Crippen LogP contribution in [-0.2, 0) is 13.5 Å². The molecular formula is C15H18Cl2IN3. The highest BCUT2D eigenvalue weighted by atomic mass is 127. The zero-order valence-corrected chi connectivity index (χ0v) is 15.9. The van der Waals surface area contributed by atoms with Crippen LogP contribution in [0.25, 0.3) is 0 Å². The number of nitrogens with one attached hydrogen (secondary N) is 1. The van der Waals surface area contributed by atoms with Gasteiger partial charge >= 0.3 is 0 Å². The van der Waals surface area contributed by atoms with Gasteiger partial charge in [-0.25, -0.2) is 0 Å². The third-order valence-electron chi connectivity index (χ3n) is 3.44. The summed E-state index contributed by atoms with van der Waals surface area (Å²) in [4.78, 5) is 0. The van der Waals surface area contributed by atoms with Gasteiger partial charge in [-0.2, -0.15) is 5.10 Å². The lowest BCUT2D eigenvalue weighted by Gasteiger charge is -2.20. The van der Waals surface area contributed by atoms with Crippen molar-refractivity contribution in [3.05, 3.63) is 48.8 Å². The normalized spacial score (nSPS) is 12.7. The van der Waals surface area contributed by atoms with Gasteiger partial charge in [0.25, 0.3) is 0 Å². The van der Waals surface area contributed by atoms with Crippen molar-refractivity contribution in [3.63, 3.8) is 0 Å². The third-order valence-corrected chi connectivity index (χ3v) is 5.15. The van der Waals surface area contributed by atoms with Gasteiger partial charge in [0.2, 0.25) is 0 Å². The van der Waals surface area contributed by atoms with Crippen LogP contribution in [0.2, 0.25) is 10.0 Å². The highest BCUT2D eigenvalue weighted by Gasteiger charge is 2.20. The first kappa shape index (κ1) is 17.1. The molecule has 0 bridgehead atoms. The van der Waals surface area contributed by atoms with Crippen LogP contribution in [0.15, 0.2) is 18.2 Å². The molecule has 0 aliphatic heterocycles. The Labute approximate surface area is 149 Å². The smallest absolute Gasteiger partial charge is 0.0847 e. The van der Waals surface area contributed by atoms with Crippen molar-refractivity contribution in [1.82, 2.24) is 15.1 Å². The van der Waals surface area contributed by atoms with Gasteiger partial charge in [-0.1, -0.05) is 30.1 Å². The van der Waals surface area contributed by atoms with Crippen molar-refractivity contribution < 1.29 is 0 Å². The molecule has 6 heteroatoms. The lowest BCUT2D eigenvalue weighted by atomic mass is 10.0. The molecule has 0 amide bonds. The van der Waals surface area contributed by atoms with Gasteiger partial charge in [0.05, 0.1) is 16.4 Å². The first-order valence-corrected chi connectivity index (χ1v) is 8.63. The Kier molecular flexibility index (Phi) is 5.94. The Morgan fingerprint density at radius 1 is 1.38 bits per heavy atom. The molecule has 114 valence electrons. The summed E-state index contributed by atoms with van der Waals surface area (Å²) >= 11 is 14.9. The highest BCUT2D eigenvalue weighted by molar-refractivity contribution is 14.1. The minimum absolute atomic E-state index is 0.160. The number of nitrogens with zero attached hydrogens (tertiary/aromatic N) is 2. The lowest BCUT2D eigenvalue weighted by Crippen LogP contribution is -2.24. The molecule has 0 aliphatic carbocycles. The molecule has 0 fully saturated rings. The topological polar surface area (TPSA) is 29.9 Å². The number of benzene rings is 1. The fourth-order valence-corrected chi connectivity index (χ4v) is 3.54. The van der Waals surface area contributed by atoms with E-state index < -0.39 is 0 Å². The van der Waals surface area contributed by atoms with Crippen LogP contribution in [0.1, 0.15) is 29.9 Å². The van der Waals surface area contributed by atoms with Gasteiger partial charge < -0.3 is 5.32 Å². The summed E-state index contributed by atoms with van der Waals surface area (Å²) in [6.45, 7) is 4.90. The molecular weight excluding hydrogens is 420 g/mol. The van der Waals surface area contributed by atoms with Crippen molar-refractivity contribution in [3.8, 4) is 0 Å². The SMILES string of the molecule is CCNC(Cc1c(Cl)c(C)nn1C)c1cc(Cl)ccc1I. The van der Waals surface area contributed by atoms with Gasteiger partial charge in [-0.15, -0.1) is 0 Å². The second-order valence-electron chi connectivity index (χ2n) is 4.95. The van der Waals surface area contributed by atoms with Crippen LogP contribution in [0, 0.1) is 10.5 Å². The number of aryl methyl sites for hydroxylation is 2. The molecule has 1 heterocycles. The molecule has 3 nitrogen and oxygen atoms in total. The highest BCUT2D eigenvalue weighted by Crippen LogP contribution is 2.29. The number of hydrogen-bond acceptors (Lipinski definition) is 2. The van der Waals surface area contributed by atoms with E-state index in [0.717, 1.165) is 34.4 Å². The zero-order chi connectivity index (χ0) is 15.6. The summed E-state index contributed by atoms with van der Waals surface area (Å²) in [6.07, 6.45) is 0.778. The van der Waals surface area contributed by atoms with Crippen molar-refractivity contribution in [2.75, 3.05) is 6.54 Å².